The van der Waals surface area contributed by atoms with Crippen molar-refractivity contribution < 1.29 is 13.2 Å². The van der Waals surface area contributed by atoms with Gasteiger partial charge in [0.1, 0.15) is 0 Å². The molecule has 0 fully saturated rings. The first-order valence-corrected chi connectivity index (χ1v) is 7.63. The molecule has 0 unspecified atom stereocenters. The number of hydrogen-bond donors (Lipinski definition) is 0. The monoisotopic (exact) mass is 254 g/mol. The first-order chi connectivity index (χ1) is 7.90. The Morgan fingerprint density at radius 1 is 1.24 bits per heavy atom. The lowest BCUT2D eigenvalue weighted by Crippen LogP contribution is -2.13. The average Bonchev–Trinajstić information content (AvgIpc) is 2.29. The molecule has 17 heavy (non-hydrogen) atoms. The quantitative estimate of drug-likeness (QED) is 0.759. The molecule has 0 amide bonds. The van der Waals surface area contributed by atoms with Gasteiger partial charge in [0, 0.05) is 17.7 Å². The van der Waals surface area contributed by atoms with Crippen molar-refractivity contribution in [2.24, 2.45) is 5.92 Å². The number of sulfone groups is 1. The first-order valence-electron chi connectivity index (χ1n) is 5.74. The topological polar surface area (TPSA) is 51.2 Å². The first kappa shape index (κ1) is 13.9. The largest absolute Gasteiger partial charge is 0.294 e. The van der Waals surface area contributed by atoms with Crippen molar-refractivity contribution in [1.82, 2.24) is 0 Å². The minimum Gasteiger partial charge on any atom is -0.294 e. The van der Waals surface area contributed by atoms with Gasteiger partial charge in [-0.15, -0.1) is 0 Å². The van der Waals surface area contributed by atoms with Crippen LogP contribution in [0, 0.1) is 5.92 Å². The van der Waals surface area contributed by atoms with Gasteiger partial charge in [-0.3, -0.25) is 4.79 Å². The van der Waals surface area contributed by atoms with Crippen LogP contribution in [0.1, 0.15) is 37.0 Å². The minimum absolute atomic E-state index is 0.0233. The molecule has 0 aliphatic carbocycles. The summed E-state index contributed by atoms with van der Waals surface area (Å²) in [4.78, 5) is 12.3. The third kappa shape index (κ3) is 3.40. The van der Waals surface area contributed by atoms with E-state index in [1.807, 2.05) is 13.8 Å². The van der Waals surface area contributed by atoms with Crippen LogP contribution < -0.4 is 0 Å². The van der Waals surface area contributed by atoms with E-state index in [1.165, 1.54) is 12.1 Å². The summed E-state index contributed by atoms with van der Waals surface area (Å²) in [7, 11) is -3.25. The summed E-state index contributed by atoms with van der Waals surface area (Å²) in [5.74, 6) is 0.00492. The second-order valence-corrected chi connectivity index (χ2v) is 6.19. The Balaban J connectivity index is 3.12. The van der Waals surface area contributed by atoms with Crippen LogP contribution in [0.25, 0.3) is 0 Å². The predicted molar refractivity (Wildman–Crippen MR) is 68.0 cm³/mol. The SMILES string of the molecule is CCC(CC)C(=O)c1cccc(S(C)(=O)=O)c1. The number of carbonyl (C=O) groups excluding carboxylic acids is 1. The van der Waals surface area contributed by atoms with Crippen molar-refractivity contribution >= 4 is 15.6 Å². The molecular weight excluding hydrogens is 236 g/mol. The van der Waals surface area contributed by atoms with Crippen molar-refractivity contribution in [3.8, 4) is 0 Å². The molecule has 0 aliphatic rings. The van der Waals surface area contributed by atoms with Crippen LogP contribution in [0.5, 0.6) is 0 Å². The maximum atomic E-state index is 12.1. The smallest absolute Gasteiger partial charge is 0.175 e. The lowest BCUT2D eigenvalue weighted by atomic mass is 9.93. The molecule has 0 N–H and O–H groups in total. The van der Waals surface area contributed by atoms with Gasteiger partial charge < -0.3 is 0 Å². The summed E-state index contributed by atoms with van der Waals surface area (Å²) in [6.07, 6.45) is 2.70. The maximum absolute atomic E-state index is 12.1. The van der Waals surface area contributed by atoms with Gasteiger partial charge in [0.25, 0.3) is 0 Å². The van der Waals surface area contributed by atoms with E-state index in [2.05, 4.69) is 0 Å². The van der Waals surface area contributed by atoms with E-state index < -0.39 is 9.84 Å². The fraction of sp³-hybridized carbons (Fsp3) is 0.462. The van der Waals surface area contributed by atoms with Crippen molar-refractivity contribution in [1.29, 1.82) is 0 Å². The highest BCUT2D eigenvalue weighted by atomic mass is 32.2. The molecule has 0 heterocycles. The highest BCUT2D eigenvalue weighted by molar-refractivity contribution is 7.90. The molecule has 1 aromatic carbocycles. The Morgan fingerprint density at radius 3 is 2.29 bits per heavy atom. The molecule has 1 aromatic rings. The number of Topliss-reactive ketones (excluding diaryl/α,β-unsaturated/α-hetero) is 1. The third-order valence-electron chi connectivity index (χ3n) is 2.90. The molecule has 0 aliphatic heterocycles. The Labute approximate surface area is 103 Å². The number of benzene rings is 1. The van der Waals surface area contributed by atoms with Crippen molar-refractivity contribution in [2.45, 2.75) is 31.6 Å². The molecule has 0 saturated carbocycles. The molecule has 0 atom stereocenters. The fourth-order valence-electron chi connectivity index (χ4n) is 1.78. The predicted octanol–water partition coefficient (Wildman–Crippen LogP) is 2.71. The molecule has 0 saturated heterocycles. The molecule has 0 radical (unpaired) electrons. The number of hydrogen-bond acceptors (Lipinski definition) is 3. The van der Waals surface area contributed by atoms with Crippen LogP contribution in [-0.4, -0.2) is 20.5 Å². The van der Waals surface area contributed by atoms with Crippen LogP contribution in [0.15, 0.2) is 29.2 Å². The van der Waals surface area contributed by atoms with Crippen molar-refractivity contribution in [3.05, 3.63) is 29.8 Å². The van der Waals surface area contributed by atoms with Gasteiger partial charge in [-0.1, -0.05) is 26.0 Å². The standard InChI is InChI=1S/C13H18O3S/c1-4-10(5-2)13(14)11-7-6-8-12(9-11)17(3,15)16/h6-10H,4-5H2,1-3H3. The number of carbonyl (C=O) groups is 1. The Bertz CT molecular complexity index is 499. The van der Waals surface area contributed by atoms with E-state index in [9.17, 15) is 13.2 Å². The van der Waals surface area contributed by atoms with Gasteiger partial charge in [0.05, 0.1) is 4.90 Å². The van der Waals surface area contributed by atoms with Gasteiger partial charge in [-0.05, 0) is 25.0 Å². The van der Waals surface area contributed by atoms with Gasteiger partial charge in [0.2, 0.25) is 0 Å². The van der Waals surface area contributed by atoms with E-state index in [4.69, 9.17) is 0 Å². The molecule has 0 aromatic heterocycles. The van der Waals surface area contributed by atoms with Gasteiger partial charge >= 0.3 is 0 Å². The molecule has 0 spiro atoms. The van der Waals surface area contributed by atoms with Gasteiger partial charge in [-0.2, -0.15) is 0 Å². The van der Waals surface area contributed by atoms with Crippen LogP contribution in [0.2, 0.25) is 0 Å². The van der Waals surface area contributed by atoms with E-state index in [-0.39, 0.29) is 16.6 Å². The zero-order valence-electron chi connectivity index (χ0n) is 10.4. The molecule has 4 heteroatoms. The van der Waals surface area contributed by atoms with Crippen molar-refractivity contribution in [3.63, 3.8) is 0 Å². The Hall–Kier alpha value is -1.16. The molecule has 0 bridgehead atoms. The van der Waals surface area contributed by atoms with E-state index >= 15 is 0 Å². The van der Waals surface area contributed by atoms with E-state index in [0.717, 1.165) is 19.1 Å². The zero-order chi connectivity index (χ0) is 13.1. The summed E-state index contributed by atoms with van der Waals surface area (Å²) in [5.41, 5.74) is 0.488. The van der Waals surface area contributed by atoms with Crippen molar-refractivity contribution in [2.75, 3.05) is 6.26 Å². The molecular formula is C13H18O3S. The fourth-order valence-corrected chi connectivity index (χ4v) is 2.44. The van der Waals surface area contributed by atoms with E-state index in [0.29, 0.717) is 5.56 Å². The third-order valence-corrected chi connectivity index (χ3v) is 4.01. The average molecular weight is 254 g/mol. The van der Waals surface area contributed by atoms with Crippen LogP contribution in [0.4, 0.5) is 0 Å². The van der Waals surface area contributed by atoms with E-state index in [1.54, 1.807) is 12.1 Å². The van der Waals surface area contributed by atoms with Crippen LogP contribution in [0.3, 0.4) is 0 Å². The zero-order valence-corrected chi connectivity index (χ0v) is 11.3. The second-order valence-electron chi connectivity index (χ2n) is 4.18. The maximum Gasteiger partial charge on any atom is 0.175 e. The lowest BCUT2D eigenvalue weighted by molar-refractivity contribution is 0.0913. The highest BCUT2D eigenvalue weighted by Gasteiger charge is 2.17. The Morgan fingerprint density at radius 2 is 1.82 bits per heavy atom. The molecule has 94 valence electrons. The normalized spacial score (nSPS) is 11.8. The molecule has 1 rings (SSSR count). The summed E-state index contributed by atoms with van der Waals surface area (Å²) >= 11 is 0. The highest BCUT2D eigenvalue weighted by Crippen LogP contribution is 2.18. The number of rotatable bonds is 5. The summed E-state index contributed by atoms with van der Waals surface area (Å²) in [6.45, 7) is 3.93. The number of ketones is 1. The Kier molecular flexibility index (Phi) is 4.46. The summed E-state index contributed by atoms with van der Waals surface area (Å²) in [6, 6.07) is 6.27. The minimum atomic E-state index is -3.25. The van der Waals surface area contributed by atoms with Gasteiger partial charge in [0.15, 0.2) is 15.6 Å². The lowest BCUT2D eigenvalue weighted by Gasteiger charge is -2.11. The molecule has 3 nitrogen and oxygen atoms in total. The van der Waals surface area contributed by atoms with Crippen LogP contribution in [-0.2, 0) is 9.84 Å². The summed E-state index contributed by atoms with van der Waals surface area (Å²) in [5, 5.41) is 0. The summed E-state index contributed by atoms with van der Waals surface area (Å²) < 4.78 is 22.8. The van der Waals surface area contributed by atoms with Crippen LogP contribution >= 0.6 is 0 Å². The van der Waals surface area contributed by atoms with Gasteiger partial charge in [-0.25, -0.2) is 8.42 Å². The second kappa shape index (κ2) is 5.45.